The van der Waals surface area contributed by atoms with E-state index < -0.39 is 0 Å². The molecule has 1 unspecified atom stereocenters. The first-order chi connectivity index (χ1) is 7.91. The number of halogens is 1. The fraction of sp³-hybridized carbons (Fsp3) is 0.727. The van der Waals surface area contributed by atoms with Gasteiger partial charge in [-0.15, -0.1) is 0 Å². The Morgan fingerprint density at radius 3 is 2.71 bits per heavy atom. The van der Waals surface area contributed by atoms with E-state index in [1.165, 1.54) is 0 Å². The zero-order chi connectivity index (χ0) is 13.1. The van der Waals surface area contributed by atoms with E-state index in [-0.39, 0.29) is 11.5 Å². The van der Waals surface area contributed by atoms with Crippen molar-refractivity contribution in [2.24, 2.45) is 11.3 Å². The minimum Gasteiger partial charge on any atom is -0.383 e. The number of nitrogens with two attached hydrogens (primary N) is 1. The molecule has 1 aromatic rings. The Bertz CT molecular complexity index is 359. The maximum Gasteiger partial charge on any atom is 0.0834 e. The van der Waals surface area contributed by atoms with Crippen molar-refractivity contribution >= 4 is 11.6 Å². The molecule has 5 nitrogen and oxygen atoms in total. The molecule has 1 aromatic heterocycles. The van der Waals surface area contributed by atoms with Crippen molar-refractivity contribution in [3.05, 3.63) is 16.9 Å². The van der Waals surface area contributed by atoms with Crippen LogP contribution >= 0.6 is 11.6 Å². The molecule has 0 radical (unpaired) electrons. The van der Waals surface area contributed by atoms with Crippen molar-refractivity contribution in [2.75, 3.05) is 13.7 Å². The SMILES string of the molecule is COCCn1ncc(Cl)c1C(NN)C(C)(C)C. The van der Waals surface area contributed by atoms with Gasteiger partial charge in [0, 0.05) is 7.11 Å². The third kappa shape index (κ3) is 3.42. The molecule has 0 aliphatic rings. The van der Waals surface area contributed by atoms with Gasteiger partial charge in [0.2, 0.25) is 0 Å². The molecule has 1 atom stereocenters. The van der Waals surface area contributed by atoms with Crippen LogP contribution in [0.3, 0.4) is 0 Å². The third-order valence-electron chi connectivity index (χ3n) is 2.65. The molecule has 0 amide bonds. The first-order valence-corrected chi connectivity index (χ1v) is 5.96. The van der Waals surface area contributed by atoms with E-state index in [1.54, 1.807) is 13.3 Å². The second-order valence-corrected chi connectivity index (χ2v) is 5.47. The molecule has 3 N–H and O–H groups in total. The molecular weight excluding hydrogens is 240 g/mol. The monoisotopic (exact) mass is 260 g/mol. The van der Waals surface area contributed by atoms with Crippen molar-refractivity contribution in [2.45, 2.75) is 33.4 Å². The van der Waals surface area contributed by atoms with E-state index >= 15 is 0 Å². The van der Waals surface area contributed by atoms with Gasteiger partial charge in [-0.25, -0.2) is 0 Å². The fourth-order valence-corrected chi connectivity index (χ4v) is 2.00. The van der Waals surface area contributed by atoms with Crippen LogP contribution in [0.4, 0.5) is 0 Å². The zero-order valence-corrected chi connectivity index (χ0v) is 11.6. The minimum atomic E-state index is -0.0608. The van der Waals surface area contributed by atoms with Crippen molar-refractivity contribution in [1.82, 2.24) is 15.2 Å². The fourth-order valence-electron chi connectivity index (χ4n) is 1.75. The van der Waals surface area contributed by atoms with Crippen LogP contribution < -0.4 is 11.3 Å². The number of aromatic nitrogens is 2. The van der Waals surface area contributed by atoms with Gasteiger partial charge < -0.3 is 4.74 Å². The largest absolute Gasteiger partial charge is 0.383 e. The predicted molar refractivity (Wildman–Crippen MR) is 68.6 cm³/mol. The van der Waals surface area contributed by atoms with Crippen molar-refractivity contribution in [1.29, 1.82) is 0 Å². The van der Waals surface area contributed by atoms with Crippen LogP contribution in [0.15, 0.2) is 6.20 Å². The standard InChI is InChI=1S/C11H21ClN4O/c1-11(2,3)10(15-13)9-8(12)7-14-16(9)5-6-17-4/h7,10,15H,5-6,13H2,1-4H3. The molecule has 0 aliphatic carbocycles. The molecule has 0 aliphatic heterocycles. The maximum absolute atomic E-state index is 6.18. The lowest BCUT2D eigenvalue weighted by molar-refractivity contribution is 0.178. The third-order valence-corrected chi connectivity index (χ3v) is 2.94. The van der Waals surface area contributed by atoms with Crippen LogP contribution in [0.1, 0.15) is 32.5 Å². The number of ether oxygens (including phenoxy) is 1. The van der Waals surface area contributed by atoms with E-state index in [9.17, 15) is 0 Å². The minimum absolute atomic E-state index is 0.0523. The Kier molecular flexibility index (Phi) is 4.94. The molecule has 1 rings (SSSR count). The predicted octanol–water partition coefficient (Wildman–Crippen LogP) is 1.73. The van der Waals surface area contributed by atoms with E-state index in [2.05, 4.69) is 31.3 Å². The van der Waals surface area contributed by atoms with Gasteiger partial charge in [0.15, 0.2) is 0 Å². The lowest BCUT2D eigenvalue weighted by Gasteiger charge is -2.30. The second kappa shape index (κ2) is 5.82. The van der Waals surface area contributed by atoms with E-state index in [1.807, 2.05) is 4.68 Å². The van der Waals surface area contributed by atoms with Gasteiger partial charge in [0.1, 0.15) is 0 Å². The average molecular weight is 261 g/mol. The Morgan fingerprint density at radius 2 is 2.24 bits per heavy atom. The summed E-state index contributed by atoms with van der Waals surface area (Å²) in [5, 5.41) is 4.87. The highest BCUT2D eigenvalue weighted by Gasteiger charge is 2.30. The van der Waals surface area contributed by atoms with E-state index in [0.717, 1.165) is 5.69 Å². The topological polar surface area (TPSA) is 65.1 Å². The zero-order valence-electron chi connectivity index (χ0n) is 10.8. The summed E-state index contributed by atoms with van der Waals surface area (Å²) in [7, 11) is 1.66. The van der Waals surface area contributed by atoms with Crippen molar-refractivity contribution < 1.29 is 4.74 Å². The average Bonchev–Trinajstić information content (AvgIpc) is 2.57. The van der Waals surface area contributed by atoms with Crippen LogP contribution in [0.5, 0.6) is 0 Å². The number of nitrogens with one attached hydrogen (secondary N) is 1. The Morgan fingerprint density at radius 1 is 1.59 bits per heavy atom. The van der Waals surface area contributed by atoms with Gasteiger partial charge in [-0.3, -0.25) is 16.0 Å². The van der Waals surface area contributed by atoms with Crippen LogP contribution in [-0.2, 0) is 11.3 Å². The summed E-state index contributed by atoms with van der Waals surface area (Å²) in [6.07, 6.45) is 1.64. The molecular formula is C11H21ClN4O. The second-order valence-electron chi connectivity index (χ2n) is 5.06. The highest BCUT2D eigenvalue weighted by molar-refractivity contribution is 6.31. The summed E-state index contributed by atoms with van der Waals surface area (Å²) < 4.78 is 6.89. The van der Waals surface area contributed by atoms with Gasteiger partial charge in [0.25, 0.3) is 0 Å². The molecule has 0 fully saturated rings. The summed E-state index contributed by atoms with van der Waals surface area (Å²) >= 11 is 6.18. The molecule has 0 saturated heterocycles. The number of rotatable bonds is 5. The Balaban J connectivity index is 3.05. The Hall–Kier alpha value is -0.620. The molecule has 0 saturated carbocycles. The van der Waals surface area contributed by atoms with Gasteiger partial charge in [-0.05, 0) is 5.41 Å². The first-order valence-electron chi connectivity index (χ1n) is 5.58. The number of methoxy groups -OCH3 is 1. The number of hydrogen-bond donors (Lipinski definition) is 2. The van der Waals surface area contributed by atoms with Crippen LogP contribution in [0, 0.1) is 5.41 Å². The molecule has 1 heterocycles. The molecule has 0 bridgehead atoms. The van der Waals surface area contributed by atoms with Crippen molar-refractivity contribution in [3.8, 4) is 0 Å². The molecule has 17 heavy (non-hydrogen) atoms. The lowest BCUT2D eigenvalue weighted by Crippen LogP contribution is -2.38. The van der Waals surface area contributed by atoms with E-state index in [0.29, 0.717) is 18.2 Å². The quantitative estimate of drug-likeness (QED) is 0.625. The van der Waals surface area contributed by atoms with Crippen LogP contribution in [0.2, 0.25) is 5.02 Å². The summed E-state index contributed by atoms with van der Waals surface area (Å²) in [4.78, 5) is 0. The maximum atomic E-state index is 6.18. The first kappa shape index (κ1) is 14.4. The van der Waals surface area contributed by atoms with Gasteiger partial charge in [-0.2, -0.15) is 5.10 Å². The molecule has 0 spiro atoms. The summed E-state index contributed by atoms with van der Waals surface area (Å²) in [6, 6.07) is -0.0608. The molecule has 98 valence electrons. The smallest absolute Gasteiger partial charge is 0.0834 e. The van der Waals surface area contributed by atoms with Crippen LogP contribution in [0.25, 0.3) is 0 Å². The van der Waals surface area contributed by atoms with Gasteiger partial charge in [0.05, 0.1) is 36.1 Å². The molecule has 0 aromatic carbocycles. The number of hydrogen-bond acceptors (Lipinski definition) is 4. The Labute approximate surface area is 107 Å². The summed E-state index contributed by atoms with van der Waals surface area (Å²) in [5.74, 6) is 5.64. The van der Waals surface area contributed by atoms with Crippen LogP contribution in [-0.4, -0.2) is 23.5 Å². The number of nitrogens with zero attached hydrogens (tertiary/aromatic N) is 2. The highest BCUT2D eigenvalue weighted by atomic mass is 35.5. The highest BCUT2D eigenvalue weighted by Crippen LogP contribution is 2.35. The number of hydrazine groups is 1. The normalized spacial score (nSPS) is 14.0. The summed E-state index contributed by atoms with van der Waals surface area (Å²) in [6.45, 7) is 7.55. The van der Waals surface area contributed by atoms with Gasteiger partial charge in [-0.1, -0.05) is 32.4 Å². The van der Waals surface area contributed by atoms with Gasteiger partial charge >= 0.3 is 0 Å². The molecule has 6 heteroatoms. The summed E-state index contributed by atoms with van der Waals surface area (Å²) in [5.41, 5.74) is 3.67. The van der Waals surface area contributed by atoms with E-state index in [4.69, 9.17) is 22.2 Å². The van der Waals surface area contributed by atoms with Crippen molar-refractivity contribution in [3.63, 3.8) is 0 Å². The lowest BCUT2D eigenvalue weighted by atomic mass is 9.85.